The molecule has 3 N–H and O–H groups in total. The van der Waals surface area contributed by atoms with Crippen molar-refractivity contribution < 1.29 is 19.8 Å². The van der Waals surface area contributed by atoms with Crippen LogP contribution < -0.4 is 5.32 Å². The normalized spacial score (nSPS) is 26.1. The van der Waals surface area contributed by atoms with Gasteiger partial charge in [-0.2, -0.15) is 11.3 Å². The molecule has 1 aliphatic heterocycles. The molecule has 1 saturated heterocycles. The highest BCUT2D eigenvalue weighted by Crippen LogP contribution is 2.22. The summed E-state index contributed by atoms with van der Waals surface area (Å²) in [5.41, 5.74) is 0.457. The molecule has 1 unspecified atom stereocenters. The van der Waals surface area contributed by atoms with E-state index in [1.807, 2.05) is 0 Å². The van der Waals surface area contributed by atoms with Gasteiger partial charge in [-0.05, 0) is 25.3 Å². The molecule has 1 aliphatic rings. The number of nitrogens with zero attached hydrogens (tertiary/aromatic N) is 1. The Morgan fingerprint density at radius 3 is 2.70 bits per heavy atom. The van der Waals surface area contributed by atoms with Crippen molar-refractivity contribution >= 4 is 23.2 Å². The smallest absolute Gasteiger partial charge is 0.255 e. The molecule has 2 amide bonds. The van der Waals surface area contributed by atoms with Crippen LogP contribution in [-0.2, 0) is 4.79 Å². The molecule has 0 saturated carbocycles. The molecule has 0 bridgehead atoms. The lowest BCUT2D eigenvalue weighted by Gasteiger charge is -2.25. The Labute approximate surface area is 121 Å². The third-order valence-corrected chi connectivity index (χ3v) is 3.85. The number of carbonyl (C=O) groups excluding carboxylic acids is 2. The number of thiophene rings is 1. The van der Waals surface area contributed by atoms with Crippen molar-refractivity contribution in [1.29, 1.82) is 0 Å². The van der Waals surface area contributed by atoms with Crippen LogP contribution in [0.2, 0.25) is 0 Å². The quantitative estimate of drug-likeness (QED) is 0.722. The van der Waals surface area contributed by atoms with E-state index in [0.717, 1.165) is 0 Å². The monoisotopic (exact) mass is 298 g/mol. The van der Waals surface area contributed by atoms with E-state index in [1.165, 1.54) is 16.2 Å². The van der Waals surface area contributed by atoms with E-state index >= 15 is 0 Å². The van der Waals surface area contributed by atoms with Crippen molar-refractivity contribution in [2.24, 2.45) is 0 Å². The highest BCUT2D eigenvalue weighted by molar-refractivity contribution is 7.08. The molecule has 0 aliphatic carbocycles. The summed E-state index contributed by atoms with van der Waals surface area (Å²) in [6, 6.07) is 0.493. The maximum Gasteiger partial charge on any atom is 0.255 e. The zero-order valence-corrected chi connectivity index (χ0v) is 12.1. The molecule has 0 aromatic carbocycles. The van der Waals surface area contributed by atoms with Gasteiger partial charge in [0.2, 0.25) is 5.91 Å². The summed E-state index contributed by atoms with van der Waals surface area (Å²) in [6.07, 6.45) is -2.38. The van der Waals surface area contributed by atoms with Gasteiger partial charge in [-0.1, -0.05) is 0 Å². The van der Waals surface area contributed by atoms with Crippen molar-refractivity contribution in [3.8, 4) is 0 Å². The molecule has 7 heteroatoms. The van der Waals surface area contributed by atoms with Gasteiger partial charge in [0.1, 0.15) is 18.2 Å². The van der Waals surface area contributed by atoms with Crippen LogP contribution in [0.3, 0.4) is 0 Å². The summed E-state index contributed by atoms with van der Waals surface area (Å²) in [7, 11) is 0. The molecule has 20 heavy (non-hydrogen) atoms. The maximum atomic E-state index is 12.3. The zero-order chi connectivity index (χ0) is 14.9. The van der Waals surface area contributed by atoms with E-state index in [0.29, 0.717) is 5.56 Å². The minimum absolute atomic E-state index is 0.0496. The largest absolute Gasteiger partial charge is 0.388 e. The van der Waals surface area contributed by atoms with Crippen LogP contribution in [0.5, 0.6) is 0 Å². The highest BCUT2D eigenvalue weighted by atomic mass is 32.1. The van der Waals surface area contributed by atoms with Gasteiger partial charge in [-0.3, -0.25) is 9.59 Å². The van der Waals surface area contributed by atoms with Gasteiger partial charge >= 0.3 is 0 Å². The van der Waals surface area contributed by atoms with Crippen LogP contribution >= 0.6 is 11.3 Å². The third kappa shape index (κ3) is 2.84. The lowest BCUT2D eigenvalue weighted by molar-refractivity contribution is -0.128. The van der Waals surface area contributed by atoms with Gasteiger partial charge in [0, 0.05) is 11.4 Å². The molecular weight excluding hydrogens is 280 g/mol. The van der Waals surface area contributed by atoms with Crippen molar-refractivity contribution in [2.45, 2.75) is 38.1 Å². The second kappa shape index (κ2) is 5.90. The Morgan fingerprint density at radius 1 is 1.45 bits per heavy atom. The number of aliphatic hydroxyl groups excluding tert-OH is 2. The predicted molar refractivity (Wildman–Crippen MR) is 74.4 cm³/mol. The average Bonchev–Trinajstić information content (AvgIpc) is 2.97. The second-order valence-corrected chi connectivity index (χ2v) is 5.92. The first kappa shape index (κ1) is 15.0. The van der Waals surface area contributed by atoms with E-state index in [-0.39, 0.29) is 18.5 Å². The van der Waals surface area contributed by atoms with Crippen LogP contribution in [0.1, 0.15) is 24.2 Å². The van der Waals surface area contributed by atoms with E-state index in [9.17, 15) is 19.8 Å². The third-order valence-electron chi connectivity index (χ3n) is 3.17. The van der Waals surface area contributed by atoms with Gasteiger partial charge in [0.25, 0.3) is 5.91 Å². The SMILES string of the molecule is CC(C)NC(=O)C1[C@H](O)[C@@H](O)CN1C(=O)c1ccsc1. The summed E-state index contributed by atoms with van der Waals surface area (Å²) in [6.45, 7) is 3.54. The Bertz CT molecular complexity index is 489. The summed E-state index contributed by atoms with van der Waals surface area (Å²) >= 11 is 1.38. The second-order valence-electron chi connectivity index (χ2n) is 5.14. The number of hydrogen-bond donors (Lipinski definition) is 3. The Morgan fingerprint density at radius 2 is 2.15 bits per heavy atom. The molecule has 2 rings (SSSR count). The Balaban J connectivity index is 2.21. The fraction of sp³-hybridized carbons (Fsp3) is 0.538. The number of hydrogen-bond acceptors (Lipinski definition) is 5. The Kier molecular flexibility index (Phi) is 4.42. The van der Waals surface area contributed by atoms with Crippen LogP contribution in [0.25, 0.3) is 0 Å². The molecule has 0 spiro atoms. The summed E-state index contributed by atoms with van der Waals surface area (Å²) in [4.78, 5) is 25.7. The molecule has 1 aromatic rings. The van der Waals surface area contributed by atoms with Gasteiger partial charge in [0.05, 0.1) is 12.1 Å². The number of rotatable bonds is 3. The number of β-amino-alcohol motifs (C(OH)–C–C–N with tert-alkyl or cyclic N) is 1. The summed E-state index contributed by atoms with van der Waals surface area (Å²) in [5, 5.41) is 25.8. The number of amides is 2. The van der Waals surface area contributed by atoms with Crippen LogP contribution in [-0.4, -0.2) is 57.8 Å². The molecule has 1 fully saturated rings. The topological polar surface area (TPSA) is 89.9 Å². The fourth-order valence-corrected chi connectivity index (χ4v) is 2.88. The molecule has 6 nitrogen and oxygen atoms in total. The van der Waals surface area contributed by atoms with Crippen molar-refractivity contribution in [3.05, 3.63) is 22.4 Å². The van der Waals surface area contributed by atoms with E-state index < -0.39 is 24.2 Å². The molecule has 3 atom stereocenters. The van der Waals surface area contributed by atoms with E-state index in [4.69, 9.17) is 0 Å². The molecule has 0 radical (unpaired) electrons. The van der Waals surface area contributed by atoms with Gasteiger partial charge in [-0.15, -0.1) is 0 Å². The van der Waals surface area contributed by atoms with Crippen molar-refractivity contribution in [2.75, 3.05) is 6.54 Å². The minimum atomic E-state index is -1.27. The van der Waals surface area contributed by atoms with Crippen LogP contribution in [0.4, 0.5) is 0 Å². The molecule has 2 heterocycles. The predicted octanol–water partition coefficient (Wildman–Crippen LogP) is -0.181. The van der Waals surface area contributed by atoms with E-state index in [2.05, 4.69) is 5.32 Å². The summed E-state index contributed by atoms with van der Waals surface area (Å²) < 4.78 is 0. The molecular formula is C13H18N2O4S. The fourth-order valence-electron chi connectivity index (χ4n) is 2.25. The number of likely N-dealkylation sites (tertiary alicyclic amines) is 1. The number of nitrogens with one attached hydrogen (secondary N) is 1. The lowest BCUT2D eigenvalue weighted by atomic mass is 10.1. The van der Waals surface area contributed by atoms with Crippen molar-refractivity contribution in [1.82, 2.24) is 10.2 Å². The first-order chi connectivity index (χ1) is 9.41. The zero-order valence-electron chi connectivity index (χ0n) is 11.3. The highest BCUT2D eigenvalue weighted by Gasteiger charge is 2.46. The summed E-state index contributed by atoms with van der Waals surface area (Å²) in [5.74, 6) is -0.807. The van der Waals surface area contributed by atoms with E-state index in [1.54, 1.807) is 30.7 Å². The van der Waals surface area contributed by atoms with Gasteiger partial charge in [0.15, 0.2) is 0 Å². The van der Waals surface area contributed by atoms with Crippen molar-refractivity contribution in [3.63, 3.8) is 0 Å². The lowest BCUT2D eigenvalue weighted by Crippen LogP contribution is -2.51. The number of aliphatic hydroxyl groups is 2. The van der Waals surface area contributed by atoms with Crippen LogP contribution in [0.15, 0.2) is 16.8 Å². The van der Waals surface area contributed by atoms with Crippen LogP contribution in [0, 0.1) is 0 Å². The van der Waals surface area contributed by atoms with Gasteiger partial charge in [-0.25, -0.2) is 0 Å². The first-order valence-electron chi connectivity index (χ1n) is 6.41. The molecule has 110 valence electrons. The number of carbonyl (C=O) groups is 2. The average molecular weight is 298 g/mol. The van der Waals surface area contributed by atoms with Gasteiger partial charge < -0.3 is 20.4 Å². The first-order valence-corrected chi connectivity index (χ1v) is 7.35. The molecule has 1 aromatic heterocycles. The standard InChI is InChI=1S/C13H18N2O4S/c1-7(2)14-12(18)10-11(17)9(16)5-15(10)13(19)8-3-4-20-6-8/h3-4,6-7,9-11,16-17H,5H2,1-2H3,(H,14,18)/t9-,10?,11+/m0/s1. The minimum Gasteiger partial charge on any atom is -0.388 e. The maximum absolute atomic E-state index is 12.3. The Hall–Kier alpha value is -1.44.